The molecule has 0 unspecified atom stereocenters. The fraction of sp³-hybridized carbons (Fsp3) is 0.278. The molecule has 0 aliphatic rings. The number of benzene rings is 2. The summed E-state index contributed by atoms with van der Waals surface area (Å²) in [7, 11) is 0. The Morgan fingerprint density at radius 2 is 1.83 bits per heavy atom. The number of carboxylic acids is 1. The normalized spacial score (nSPS) is 10.3. The highest BCUT2D eigenvalue weighted by atomic mass is 32.2. The van der Waals surface area contributed by atoms with Gasteiger partial charge in [0.05, 0.1) is 23.7 Å². The number of hydrogen-bond acceptors (Lipinski definition) is 4. The van der Waals surface area contributed by atoms with Gasteiger partial charge in [0.15, 0.2) is 0 Å². The molecule has 0 fully saturated rings. The van der Waals surface area contributed by atoms with E-state index in [1.165, 1.54) is 0 Å². The molecule has 0 bridgehead atoms. The Bertz CT molecular complexity index is 670. The highest BCUT2D eigenvalue weighted by Gasteiger charge is 2.12. The summed E-state index contributed by atoms with van der Waals surface area (Å²) in [6.45, 7) is 5.05. The second-order valence-corrected chi connectivity index (χ2v) is 5.74. The van der Waals surface area contributed by atoms with Gasteiger partial charge in [-0.1, -0.05) is 18.2 Å². The molecule has 0 spiro atoms. The molecule has 0 aromatic heterocycles. The summed E-state index contributed by atoms with van der Waals surface area (Å²) in [5, 5.41) is 9.26. The predicted octanol–water partition coefficient (Wildman–Crippen LogP) is 4.47. The van der Waals surface area contributed by atoms with Crippen LogP contribution in [-0.4, -0.2) is 24.3 Å². The molecule has 2 aromatic rings. The van der Waals surface area contributed by atoms with Crippen LogP contribution < -0.4 is 9.47 Å². The van der Waals surface area contributed by atoms with E-state index >= 15 is 0 Å². The van der Waals surface area contributed by atoms with Crippen molar-refractivity contribution in [2.45, 2.75) is 24.5 Å². The van der Waals surface area contributed by atoms with Gasteiger partial charge in [0.25, 0.3) is 0 Å². The average molecular weight is 332 g/mol. The molecule has 23 heavy (non-hydrogen) atoms. The van der Waals surface area contributed by atoms with E-state index < -0.39 is 5.97 Å². The van der Waals surface area contributed by atoms with Crippen LogP contribution in [0.1, 0.15) is 29.8 Å². The van der Waals surface area contributed by atoms with E-state index in [9.17, 15) is 9.90 Å². The highest BCUT2D eigenvalue weighted by molar-refractivity contribution is 7.98. The Balaban J connectivity index is 2.21. The monoisotopic (exact) mass is 332 g/mol. The second-order valence-electron chi connectivity index (χ2n) is 4.73. The van der Waals surface area contributed by atoms with Crippen molar-refractivity contribution in [3.8, 4) is 11.5 Å². The molecule has 0 heterocycles. The number of carboxylic acid groups (broad SMARTS) is 1. The van der Waals surface area contributed by atoms with Gasteiger partial charge >= 0.3 is 5.97 Å². The van der Waals surface area contributed by atoms with Crippen molar-refractivity contribution in [1.29, 1.82) is 0 Å². The minimum Gasteiger partial charge on any atom is -0.494 e. The average Bonchev–Trinajstić information content (AvgIpc) is 2.55. The van der Waals surface area contributed by atoms with E-state index in [-0.39, 0.29) is 0 Å². The summed E-state index contributed by atoms with van der Waals surface area (Å²) in [5.41, 5.74) is 1.12. The molecule has 1 N–H and O–H groups in total. The van der Waals surface area contributed by atoms with Crippen LogP contribution in [0.25, 0.3) is 0 Å². The minimum absolute atomic E-state index is 0.332. The van der Waals surface area contributed by atoms with Gasteiger partial charge in [0.2, 0.25) is 0 Å². The largest absolute Gasteiger partial charge is 0.494 e. The first kappa shape index (κ1) is 17.2. The first-order valence-corrected chi connectivity index (χ1v) is 8.47. The van der Waals surface area contributed by atoms with Crippen LogP contribution >= 0.6 is 11.8 Å². The van der Waals surface area contributed by atoms with Crippen molar-refractivity contribution in [3.63, 3.8) is 0 Å². The van der Waals surface area contributed by atoms with E-state index in [2.05, 4.69) is 0 Å². The Kier molecular flexibility index (Phi) is 6.35. The zero-order chi connectivity index (χ0) is 16.7. The topological polar surface area (TPSA) is 55.8 Å². The molecular formula is C18H20O4S. The summed E-state index contributed by atoms with van der Waals surface area (Å²) < 4.78 is 11.2. The molecule has 2 rings (SSSR count). The van der Waals surface area contributed by atoms with Crippen LogP contribution in [0.3, 0.4) is 0 Å². The maximum atomic E-state index is 11.3. The van der Waals surface area contributed by atoms with Gasteiger partial charge in [-0.15, -0.1) is 11.8 Å². The molecule has 0 saturated heterocycles. The number of hydrogen-bond donors (Lipinski definition) is 1. The maximum absolute atomic E-state index is 11.3. The van der Waals surface area contributed by atoms with Crippen LogP contribution in [0.15, 0.2) is 47.4 Å². The first-order chi connectivity index (χ1) is 11.2. The Morgan fingerprint density at radius 1 is 1.09 bits per heavy atom. The third-order valence-corrected chi connectivity index (χ3v) is 4.24. The van der Waals surface area contributed by atoms with Crippen LogP contribution in [0.4, 0.5) is 0 Å². The Morgan fingerprint density at radius 3 is 2.52 bits per heavy atom. The fourth-order valence-corrected chi connectivity index (χ4v) is 3.17. The molecule has 0 radical (unpaired) electrons. The van der Waals surface area contributed by atoms with Gasteiger partial charge in [-0.2, -0.15) is 0 Å². The molecule has 0 aliphatic carbocycles. The van der Waals surface area contributed by atoms with Gasteiger partial charge in [0, 0.05) is 5.75 Å². The number of rotatable bonds is 8. The number of thioether (sulfide) groups is 1. The summed E-state index contributed by atoms with van der Waals surface area (Å²) in [5.74, 6) is 1.21. The number of aromatic carboxylic acids is 1. The van der Waals surface area contributed by atoms with Gasteiger partial charge in [-0.3, -0.25) is 0 Å². The van der Waals surface area contributed by atoms with E-state index in [1.807, 2.05) is 44.2 Å². The second kappa shape index (κ2) is 8.48. The molecule has 0 aliphatic heterocycles. The van der Waals surface area contributed by atoms with Crippen LogP contribution in [0.5, 0.6) is 11.5 Å². The van der Waals surface area contributed by atoms with Crippen molar-refractivity contribution < 1.29 is 19.4 Å². The van der Waals surface area contributed by atoms with E-state index in [4.69, 9.17) is 9.47 Å². The lowest BCUT2D eigenvalue weighted by Gasteiger charge is -2.13. The van der Waals surface area contributed by atoms with Gasteiger partial charge in [0.1, 0.15) is 11.5 Å². The summed E-state index contributed by atoms with van der Waals surface area (Å²) in [4.78, 5) is 12.2. The Hall–Kier alpha value is -2.14. The third-order valence-electron chi connectivity index (χ3n) is 3.16. The van der Waals surface area contributed by atoms with Crippen LogP contribution in [0.2, 0.25) is 0 Å². The number of ether oxygens (including phenoxy) is 2. The van der Waals surface area contributed by atoms with Crippen molar-refractivity contribution in [2.24, 2.45) is 0 Å². The Labute approximate surface area is 140 Å². The van der Waals surface area contributed by atoms with E-state index in [0.717, 1.165) is 22.0 Å². The van der Waals surface area contributed by atoms with E-state index in [0.29, 0.717) is 24.5 Å². The molecule has 5 heteroatoms. The lowest BCUT2D eigenvalue weighted by atomic mass is 10.1. The summed E-state index contributed by atoms with van der Waals surface area (Å²) in [6, 6.07) is 12.7. The zero-order valence-electron chi connectivity index (χ0n) is 13.2. The molecular weight excluding hydrogens is 312 g/mol. The van der Waals surface area contributed by atoms with Gasteiger partial charge in [-0.05, 0) is 43.7 Å². The third kappa shape index (κ3) is 4.66. The quantitative estimate of drug-likeness (QED) is 0.723. The van der Waals surface area contributed by atoms with Crippen molar-refractivity contribution in [2.75, 3.05) is 13.2 Å². The van der Waals surface area contributed by atoms with E-state index in [1.54, 1.807) is 23.9 Å². The van der Waals surface area contributed by atoms with Gasteiger partial charge in [-0.25, -0.2) is 4.79 Å². The fourth-order valence-electron chi connectivity index (χ4n) is 2.14. The summed E-state index contributed by atoms with van der Waals surface area (Å²) in [6.07, 6.45) is 0. The summed E-state index contributed by atoms with van der Waals surface area (Å²) >= 11 is 1.54. The smallest absolute Gasteiger partial charge is 0.335 e. The van der Waals surface area contributed by atoms with Crippen molar-refractivity contribution in [1.82, 2.24) is 0 Å². The maximum Gasteiger partial charge on any atom is 0.335 e. The highest BCUT2D eigenvalue weighted by Crippen LogP contribution is 2.35. The lowest BCUT2D eigenvalue weighted by Crippen LogP contribution is -2.01. The zero-order valence-corrected chi connectivity index (χ0v) is 14.1. The molecule has 0 saturated carbocycles. The SMILES string of the molecule is CCOc1ccc(OCC)c(SCc2ccccc2C(=O)O)c1. The molecule has 0 amide bonds. The molecule has 4 nitrogen and oxygen atoms in total. The standard InChI is InChI=1S/C18H20O4S/c1-3-21-14-9-10-16(22-4-2)17(11-14)23-12-13-7-5-6-8-15(13)18(19)20/h5-11H,3-4,12H2,1-2H3,(H,19,20). The van der Waals surface area contributed by atoms with Crippen molar-refractivity contribution >= 4 is 17.7 Å². The molecule has 2 aromatic carbocycles. The minimum atomic E-state index is -0.908. The predicted molar refractivity (Wildman–Crippen MR) is 91.7 cm³/mol. The first-order valence-electron chi connectivity index (χ1n) is 7.49. The van der Waals surface area contributed by atoms with Crippen LogP contribution in [-0.2, 0) is 5.75 Å². The van der Waals surface area contributed by atoms with Crippen LogP contribution in [0, 0.1) is 0 Å². The van der Waals surface area contributed by atoms with Gasteiger partial charge < -0.3 is 14.6 Å². The molecule has 0 atom stereocenters. The van der Waals surface area contributed by atoms with Crippen molar-refractivity contribution in [3.05, 3.63) is 53.6 Å². The lowest BCUT2D eigenvalue weighted by molar-refractivity contribution is 0.0696. The molecule has 122 valence electrons. The number of carbonyl (C=O) groups is 1.